The molecule has 5 heteroatoms. The number of likely N-dealkylation sites (tertiary alicyclic amines) is 1. The monoisotopic (exact) mass is 390 g/mol. The van der Waals surface area contributed by atoms with Gasteiger partial charge < -0.3 is 9.64 Å². The van der Waals surface area contributed by atoms with Crippen LogP contribution in [0.5, 0.6) is 5.75 Å². The number of hydrogen-bond acceptors (Lipinski definition) is 4. The van der Waals surface area contributed by atoms with Crippen LogP contribution in [0.1, 0.15) is 36.5 Å². The third-order valence-electron chi connectivity index (χ3n) is 5.54. The van der Waals surface area contributed by atoms with Crippen LogP contribution < -0.4 is 9.64 Å². The Balaban J connectivity index is 1.81. The van der Waals surface area contributed by atoms with E-state index < -0.39 is 0 Å². The minimum Gasteiger partial charge on any atom is -0.494 e. The van der Waals surface area contributed by atoms with Gasteiger partial charge in [-0.3, -0.25) is 9.59 Å². The number of nitrogens with zero attached hydrogens (tertiary/aromatic N) is 2. The Bertz CT molecular complexity index is 986. The summed E-state index contributed by atoms with van der Waals surface area (Å²) in [5.41, 5.74) is 4.35. The van der Waals surface area contributed by atoms with E-state index in [-0.39, 0.29) is 11.8 Å². The summed E-state index contributed by atoms with van der Waals surface area (Å²) in [5.74, 6) is 0.270. The molecule has 0 spiro atoms. The van der Waals surface area contributed by atoms with Gasteiger partial charge in [-0.2, -0.15) is 0 Å². The van der Waals surface area contributed by atoms with Crippen LogP contribution in [-0.2, 0) is 9.59 Å². The molecule has 2 aromatic carbocycles. The molecule has 2 heterocycles. The molecule has 2 amide bonds. The Labute approximate surface area is 171 Å². The van der Waals surface area contributed by atoms with E-state index in [1.54, 1.807) is 0 Å². The van der Waals surface area contributed by atoms with E-state index >= 15 is 0 Å². The summed E-state index contributed by atoms with van der Waals surface area (Å²) >= 11 is 0. The SMILES string of the molecule is CCOc1ccc(C2=C(N3CCCC3)C(=O)N(c3cc(C)ccc3C)C2=O)cc1. The van der Waals surface area contributed by atoms with Crippen molar-refractivity contribution in [3.05, 3.63) is 64.9 Å². The fourth-order valence-corrected chi connectivity index (χ4v) is 4.08. The van der Waals surface area contributed by atoms with Crippen LogP contribution in [0.2, 0.25) is 0 Å². The largest absolute Gasteiger partial charge is 0.494 e. The van der Waals surface area contributed by atoms with Gasteiger partial charge in [0.25, 0.3) is 11.8 Å². The van der Waals surface area contributed by atoms with Gasteiger partial charge in [-0.1, -0.05) is 24.3 Å². The number of hydrogen-bond donors (Lipinski definition) is 0. The minimum absolute atomic E-state index is 0.227. The van der Waals surface area contributed by atoms with Crippen LogP contribution in [0.3, 0.4) is 0 Å². The smallest absolute Gasteiger partial charge is 0.282 e. The van der Waals surface area contributed by atoms with Crippen molar-refractivity contribution in [1.29, 1.82) is 0 Å². The van der Waals surface area contributed by atoms with Crippen LogP contribution in [0.4, 0.5) is 5.69 Å². The third-order valence-corrected chi connectivity index (χ3v) is 5.54. The molecular formula is C24H26N2O3. The predicted octanol–water partition coefficient (Wildman–Crippen LogP) is 4.08. The molecule has 0 saturated carbocycles. The Kier molecular flexibility index (Phi) is 5.14. The topological polar surface area (TPSA) is 49.9 Å². The van der Waals surface area contributed by atoms with Crippen LogP contribution in [-0.4, -0.2) is 36.4 Å². The van der Waals surface area contributed by atoms with E-state index in [0.29, 0.717) is 23.6 Å². The van der Waals surface area contributed by atoms with Crippen molar-refractivity contribution in [3.8, 4) is 5.75 Å². The molecule has 0 bridgehead atoms. The molecule has 5 nitrogen and oxygen atoms in total. The van der Waals surface area contributed by atoms with Crippen molar-refractivity contribution < 1.29 is 14.3 Å². The highest BCUT2D eigenvalue weighted by Gasteiger charge is 2.43. The third kappa shape index (κ3) is 3.41. The van der Waals surface area contributed by atoms with Crippen molar-refractivity contribution >= 4 is 23.1 Å². The van der Waals surface area contributed by atoms with Crippen molar-refractivity contribution in [2.24, 2.45) is 0 Å². The number of benzene rings is 2. The molecule has 2 aromatic rings. The summed E-state index contributed by atoms with van der Waals surface area (Å²) < 4.78 is 5.53. The number of carbonyl (C=O) groups is 2. The van der Waals surface area contributed by atoms with Crippen molar-refractivity contribution in [1.82, 2.24) is 4.90 Å². The summed E-state index contributed by atoms with van der Waals surface area (Å²) in [6.45, 7) is 8.02. The first-order valence-corrected chi connectivity index (χ1v) is 10.2. The summed E-state index contributed by atoms with van der Waals surface area (Å²) in [7, 11) is 0. The van der Waals surface area contributed by atoms with E-state index in [9.17, 15) is 9.59 Å². The Morgan fingerprint density at radius 3 is 2.28 bits per heavy atom. The molecule has 1 fully saturated rings. The first-order chi connectivity index (χ1) is 14.0. The van der Waals surface area contributed by atoms with Gasteiger partial charge in [0.2, 0.25) is 0 Å². The minimum atomic E-state index is -0.255. The van der Waals surface area contributed by atoms with Gasteiger partial charge in [0.05, 0.1) is 17.9 Å². The molecule has 4 rings (SSSR count). The zero-order chi connectivity index (χ0) is 20.5. The number of amides is 2. The van der Waals surface area contributed by atoms with Gasteiger partial charge in [-0.05, 0) is 68.5 Å². The number of carbonyl (C=O) groups excluding carboxylic acids is 2. The van der Waals surface area contributed by atoms with E-state index in [0.717, 1.165) is 48.4 Å². The van der Waals surface area contributed by atoms with Crippen LogP contribution >= 0.6 is 0 Å². The Morgan fingerprint density at radius 2 is 1.62 bits per heavy atom. The molecule has 0 aromatic heterocycles. The molecule has 1 saturated heterocycles. The zero-order valence-electron chi connectivity index (χ0n) is 17.2. The molecule has 2 aliphatic rings. The average molecular weight is 390 g/mol. The molecule has 29 heavy (non-hydrogen) atoms. The Hall–Kier alpha value is -3.08. The molecule has 0 N–H and O–H groups in total. The average Bonchev–Trinajstić information content (AvgIpc) is 3.31. The van der Waals surface area contributed by atoms with Crippen molar-refractivity contribution in [2.75, 3.05) is 24.6 Å². The van der Waals surface area contributed by atoms with Crippen LogP contribution in [0.25, 0.3) is 5.57 Å². The lowest BCUT2D eigenvalue weighted by atomic mass is 10.0. The second-order valence-corrected chi connectivity index (χ2v) is 7.61. The number of anilines is 1. The van der Waals surface area contributed by atoms with E-state index in [2.05, 4.69) is 4.90 Å². The summed E-state index contributed by atoms with van der Waals surface area (Å²) in [6.07, 6.45) is 2.07. The van der Waals surface area contributed by atoms with Gasteiger partial charge in [0, 0.05) is 13.1 Å². The standard InChI is InChI=1S/C24H26N2O3/c1-4-29-19-11-9-18(10-12-19)21-22(25-13-5-6-14-25)24(28)26(23(21)27)20-15-16(2)7-8-17(20)3/h7-12,15H,4-6,13-14H2,1-3H3. The van der Waals surface area contributed by atoms with E-state index in [4.69, 9.17) is 4.74 Å². The lowest BCUT2D eigenvalue weighted by molar-refractivity contribution is -0.120. The lowest BCUT2D eigenvalue weighted by Crippen LogP contribution is -2.35. The normalized spacial score (nSPS) is 16.9. The fraction of sp³-hybridized carbons (Fsp3) is 0.333. The van der Waals surface area contributed by atoms with Crippen molar-refractivity contribution in [3.63, 3.8) is 0 Å². The number of aryl methyl sites for hydroxylation is 2. The molecule has 150 valence electrons. The highest BCUT2D eigenvalue weighted by atomic mass is 16.5. The quantitative estimate of drug-likeness (QED) is 0.722. The van der Waals surface area contributed by atoms with E-state index in [1.807, 2.05) is 63.2 Å². The maximum absolute atomic E-state index is 13.5. The highest BCUT2D eigenvalue weighted by molar-refractivity contribution is 6.45. The zero-order valence-corrected chi connectivity index (χ0v) is 17.2. The van der Waals surface area contributed by atoms with Crippen LogP contribution in [0, 0.1) is 13.8 Å². The molecule has 0 unspecified atom stereocenters. The van der Waals surface area contributed by atoms with Crippen molar-refractivity contribution in [2.45, 2.75) is 33.6 Å². The first kappa shape index (κ1) is 19.2. The highest BCUT2D eigenvalue weighted by Crippen LogP contribution is 2.37. The molecule has 0 aliphatic carbocycles. The van der Waals surface area contributed by atoms with Crippen LogP contribution in [0.15, 0.2) is 48.2 Å². The molecule has 0 atom stereocenters. The second-order valence-electron chi connectivity index (χ2n) is 7.61. The molecule has 2 aliphatic heterocycles. The molecular weight excluding hydrogens is 364 g/mol. The fourth-order valence-electron chi connectivity index (χ4n) is 4.08. The second kappa shape index (κ2) is 7.74. The van der Waals surface area contributed by atoms with Gasteiger partial charge in [0.15, 0.2) is 0 Å². The van der Waals surface area contributed by atoms with E-state index in [1.165, 1.54) is 4.90 Å². The van der Waals surface area contributed by atoms with Gasteiger partial charge in [0.1, 0.15) is 11.4 Å². The first-order valence-electron chi connectivity index (χ1n) is 10.2. The van der Waals surface area contributed by atoms with Gasteiger partial charge in [-0.15, -0.1) is 0 Å². The molecule has 0 radical (unpaired) electrons. The summed E-state index contributed by atoms with van der Waals surface area (Å²) in [4.78, 5) is 30.5. The lowest BCUT2D eigenvalue weighted by Gasteiger charge is -2.21. The Morgan fingerprint density at radius 1 is 0.931 bits per heavy atom. The van der Waals surface area contributed by atoms with Gasteiger partial charge >= 0.3 is 0 Å². The number of ether oxygens (including phenoxy) is 1. The summed E-state index contributed by atoms with van der Waals surface area (Å²) in [6, 6.07) is 13.3. The van der Waals surface area contributed by atoms with Gasteiger partial charge in [-0.25, -0.2) is 4.90 Å². The number of imide groups is 1. The summed E-state index contributed by atoms with van der Waals surface area (Å²) in [5, 5.41) is 0. The predicted molar refractivity (Wildman–Crippen MR) is 114 cm³/mol. The maximum Gasteiger partial charge on any atom is 0.282 e. The number of rotatable bonds is 5. The maximum atomic E-state index is 13.5.